The second-order valence-electron chi connectivity index (χ2n) is 5.62. The molecule has 0 fully saturated rings. The van der Waals surface area contributed by atoms with Crippen molar-refractivity contribution in [3.8, 4) is 0 Å². The maximum absolute atomic E-state index is 11.8. The van der Waals surface area contributed by atoms with Gasteiger partial charge in [0.1, 0.15) is 0 Å². The van der Waals surface area contributed by atoms with Crippen LogP contribution in [0.3, 0.4) is 0 Å². The second-order valence-corrected chi connectivity index (χ2v) is 8.14. The van der Waals surface area contributed by atoms with Crippen molar-refractivity contribution in [3.05, 3.63) is 35.9 Å². The fourth-order valence-corrected chi connectivity index (χ4v) is 2.21. The van der Waals surface area contributed by atoms with Crippen molar-refractivity contribution in [1.29, 1.82) is 0 Å². The molecule has 6 heteroatoms. The molecule has 2 N–H and O–H groups in total. The average molecular weight is 301 g/mol. The van der Waals surface area contributed by atoms with E-state index in [9.17, 15) is 13.5 Å². The summed E-state index contributed by atoms with van der Waals surface area (Å²) >= 11 is 0. The van der Waals surface area contributed by atoms with Crippen LogP contribution >= 0.6 is 0 Å². The standard InChI is InChI=1S/C14H23NO4S/c1-14(2,3)20(17,18)15-9-13(16)11-19-10-12-7-5-4-6-8-12/h4-8,13,15-16H,9-11H2,1-3H3. The molecule has 1 unspecified atom stereocenters. The maximum Gasteiger partial charge on any atom is 0.216 e. The number of aliphatic hydroxyl groups excluding tert-OH is 1. The largest absolute Gasteiger partial charge is 0.389 e. The van der Waals surface area contributed by atoms with E-state index in [1.165, 1.54) is 0 Å². The molecule has 0 amide bonds. The van der Waals surface area contributed by atoms with Crippen molar-refractivity contribution in [1.82, 2.24) is 4.72 Å². The van der Waals surface area contributed by atoms with E-state index in [-0.39, 0.29) is 13.2 Å². The molecule has 0 aliphatic rings. The summed E-state index contributed by atoms with van der Waals surface area (Å²) < 4.78 is 30.4. The number of aliphatic hydroxyl groups is 1. The quantitative estimate of drug-likeness (QED) is 0.795. The number of nitrogens with one attached hydrogen (secondary N) is 1. The minimum Gasteiger partial charge on any atom is -0.389 e. The minimum absolute atomic E-state index is 0.0472. The zero-order chi connectivity index (χ0) is 15.2. The first-order valence-corrected chi connectivity index (χ1v) is 7.99. The van der Waals surface area contributed by atoms with Crippen LogP contribution in [0.15, 0.2) is 30.3 Å². The molecule has 1 rings (SSSR count). The molecule has 20 heavy (non-hydrogen) atoms. The Balaban J connectivity index is 2.29. The lowest BCUT2D eigenvalue weighted by atomic mass is 10.2. The van der Waals surface area contributed by atoms with Crippen LogP contribution in [0.1, 0.15) is 26.3 Å². The summed E-state index contributed by atoms with van der Waals surface area (Å²) in [6, 6.07) is 9.59. The Kier molecular flexibility index (Phi) is 6.13. The van der Waals surface area contributed by atoms with Crippen molar-refractivity contribution in [2.45, 2.75) is 38.2 Å². The lowest BCUT2D eigenvalue weighted by Gasteiger charge is -2.21. The van der Waals surface area contributed by atoms with Gasteiger partial charge in [-0.25, -0.2) is 13.1 Å². The van der Waals surface area contributed by atoms with E-state index in [1.54, 1.807) is 20.8 Å². The highest BCUT2D eigenvalue weighted by molar-refractivity contribution is 7.90. The summed E-state index contributed by atoms with van der Waals surface area (Å²) in [4.78, 5) is 0. The monoisotopic (exact) mass is 301 g/mol. The number of hydrogen-bond donors (Lipinski definition) is 2. The van der Waals surface area contributed by atoms with Gasteiger partial charge in [0.15, 0.2) is 0 Å². The highest BCUT2D eigenvalue weighted by Gasteiger charge is 2.28. The zero-order valence-electron chi connectivity index (χ0n) is 12.2. The third-order valence-corrected chi connectivity index (χ3v) is 4.90. The van der Waals surface area contributed by atoms with Gasteiger partial charge in [-0.3, -0.25) is 0 Å². The molecule has 0 aliphatic carbocycles. The second kappa shape index (κ2) is 7.17. The highest BCUT2D eigenvalue weighted by atomic mass is 32.2. The van der Waals surface area contributed by atoms with Crippen molar-refractivity contribution < 1.29 is 18.3 Å². The van der Waals surface area contributed by atoms with E-state index in [2.05, 4.69) is 4.72 Å². The van der Waals surface area contributed by atoms with E-state index < -0.39 is 20.9 Å². The molecular formula is C14H23NO4S. The van der Waals surface area contributed by atoms with Crippen LogP contribution in [0.4, 0.5) is 0 Å². The highest BCUT2D eigenvalue weighted by Crippen LogP contribution is 2.12. The molecule has 0 heterocycles. The summed E-state index contributed by atoms with van der Waals surface area (Å²) in [7, 11) is -3.44. The lowest BCUT2D eigenvalue weighted by molar-refractivity contribution is 0.0312. The summed E-state index contributed by atoms with van der Waals surface area (Å²) in [5.41, 5.74) is 1.01. The van der Waals surface area contributed by atoms with E-state index in [0.717, 1.165) is 5.56 Å². The Bertz CT molecular complexity index is 494. The molecule has 0 saturated heterocycles. The van der Waals surface area contributed by atoms with Crippen LogP contribution < -0.4 is 4.72 Å². The van der Waals surface area contributed by atoms with E-state index >= 15 is 0 Å². The van der Waals surface area contributed by atoms with Crippen molar-refractivity contribution >= 4 is 10.0 Å². The Morgan fingerprint density at radius 3 is 2.40 bits per heavy atom. The molecule has 0 saturated carbocycles. The smallest absolute Gasteiger partial charge is 0.216 e. The topological polar surface area (TPSA) is 75.6 Å². The van der Waals surface area contributed by atoms with Crippen molar-refractivity contribution in [2.75, 3.05) is 13.2 Å². The van der Waals surface area contributed by atoms with Crippen molar-refractivity contribution in [3.63, 3.8) is 0 Å². The summed E-state index contributed by atoms with van der Waals surface area (Å²) in [6.07, 6.45) is -0.865. The summed E-state index contributed by atoms with van der Waals surface area (Å²) in [6.45, 7) is 5.24. The van der Waals surface area contributed by atoms with Gasteiger partial charge >= 0.3 is 0 Å². The third kappa shape index (κ3) is 5.58. The number of benzene rings is 1. The molecule has 0 spiro atoms. The lowest BCUT2D eigenvalue weighted by Crippen LogP contribution is -2.43. The van der Waals surface area contributed by atoms with Gasteiger partial charge < -0.3 is 9.84 Å². The van der Waals surface area contributed by atoms with Crippen LogP contribution in [0, 0.1) is 0 Å². The first kappa shape index (κ1) is 17.1. The number of ether oxygens (including phenoxy) is 1. The zero-order valence-corrected chi connectivity index (χ0v) is 13.0. The molecule has 5 nitrogen and oxygen atoms in total. The van der Waals surface area contributed by atoms with Crippen LogP contribution in [-0.4, -0.2) is 37.5 Å². The molecule has 1 atom stereocenters. The van der Waals surface area contributed by atoms with Crippen LogP contribution in [0.5, 0.6) is 0 Å². The Morgan fingerprint density at radius 2 is 1.85 bits per heavy atom. The first-order valence-electron chi connectivity index (χ1n) is 6.51. The predicted molar refractivity (Wildman–Crippen MR) is 78.8 cm³/mol. The molecule has 0 aliphatic heterocycles. The van der Waals surface area contributed by atoms with Gasteiger partial charge in [-0.05, 0) is 26.3 Å². The molecular weight excluding hydrogens is 278 g/mol. The SMILES string of the molecule is CC(C)(C)S(=O)(=O)NCC(O)COCc1ccccc1. The molecule has 114 valence electrons. The van der Waals surface area contributed by atoms with Crippen LogP contribution in [-0.2, 0) is 21.4 Å². The van der Waals surface area contributed by atoms with Crippen LogP contribution in [0.25, 0.3) is 0 Å². The Morgan fingerprint density at radius 1 is 1.25 bits per heavy atom. The minimum atomic E-state index is -3.44. The molecule has 0 aromatic heterocycles. The number of rotatable bonds is 7. The Labute approximate surface area is 121 Å². The van der Waals surface area contributed by atoms with Crippen LogP contribution in [0.2, 0.25) is 0 Å². The van der Waals surface area contributed by atoms with Gasteiger partial charge in [0.05, 0.1) is 24.1 Å². The fraction of sp³-hybridized carbons (Fsp3) is 0.571. The normalized spacial score (nSPS) is 14.2. The van der Waals surface area contributed by atoms with Crippen molar-refractivity contribution in [2.24, 2.45) is 0 Å². The molecule has 0 radical (unpaired) electrons. The van der Waals surface area contributed by atoms with Gasteiger partial charge in [-0.2, -0.15) is 0 Å². The van der Waals surface area contributed by atoms with E-state index in [1.807, 2.05) is 30.3 Å². The molecule has 1 aromatic carbocycles. The van der Waals surface area contributed by atoms with Gasteiger partial charge in [0.2, 0.25) is 10.0 Å². The summed E-state index contributed by atoms with van der Waals surface area (Å²) in [5, 5.41) is 9.70. The molecule has 1 aromatic rings. The fourth-order valence-electron chi connectivity index (χ4n) is 1.37. The van der Waals surface area contributed by atoms with Gasteiger partial charge in [0.25, 0.3) is 0 Å². The maximum atomic E-state index is 11.8. The van der Waals surface area contributed by atoms with E-state index in [4.69, 9.17) is 4.74 Å². The molecule has 0 bridgehead atoms. The Hall–Kier alpha value is -0.950. The number of hydrogen-bond acceptors (Lipinski definition) is 4. The summed E-state index contributed by atoms with van der Waals surface area (Å²) in [5.74, 6) is 0. The first-order chi connectivity index (χ1) is 9.22. The van der Waals surface area contributed by atoms with Gasteiger partial charge in [-0.15, -0.1) is 0 Å². The predicted octanol–water partition coefficient (Wildman–Crippen LogP) is 1.28. The van der Waals surface area contributed by atoms with Gasteiger partial charge in [-0.1, -0.05) is 30.3 Å². The number of sulfonamides is 1. The van der Waals surface area contributed by atoms with Gasteiger partial charge in [0, 0.05) is 6.54 Å². The average Bonchev–Trinajstić information content (AvgIpc) is 2.36. The van der Waals surface area contributed by atoms with E-state index in [0.29, 0.717) is 6.61 Å². The third-order valence-electron chi connectivity index (χ3n) is 2.74.